The van der Waals surface area contributed by atoms with Crippen LogP contribution in [0.15, 0.2) is 60.7 Å². The summed E-state index contributed by atoms with van der Waals surface area (Å²) in [5.41, 5.74) is 4.21. The fourth-order valence-electron chi connectivity index (χ4n) is 3.25. The minimum absolute atomic E-state index is 0.133. The van der Waals surface area contributed by atoms with Crippen LogP contribution >= 0.6 is 0 Å². The van der Waals surface area contributed by atoms with Gasteiger partial charge in [-0.1, -0.05) is 60.7 Å². The largest absolute Gasteiger partial charge is 0.480 e. The maximum atomic E-state index is 12.5. The van der Waals surface area contributed by atoms with Crippen molar-refractivity contribution in [3.05, 3.63) is 88.7 Å². The lowest BCUT2D eigenvalue weighted by atomic mass is 10.0. The molecular weight excluding hydrogens is 340 g/mol. The first-order valence-corrected chi connectivity index (χ1v) is 8.87. The highest BCUT2D eigenvalue weighted by Crippen LogP contribution is 2.24. The summed E-state index contributed by atoms with van der Waals surface area (Å²) in [6.07, 6.45) is 0.545. The van der Waals surface area contributed by atoms with Crippen molar-refractivity contribution in [3.63, 3.8) is 0 Å². The average molecular weight is 362 g/mol. The molecule has 3 rings (SSSR count). The lowest BCUT2D eigenvalue weighted by Gasteiger charge is -2.15. The summed E-state index contributed by atoms with van der Waals surface area (Å²) in [4.78, 5) is 24.4. The van der Waals surface area contributed by atoms with Gasteiger partial charge in [-0.25, -0.2) is 4.79 Å². The van der Waals surface area contributed by atoms with Gasteiger partial charge in [0.1, 0.15) is 0 Å². The highest BCUT2D eigenvalue weighted by Gasteiger charge is 2.27. The van der Waals surface area contributed by atoms with Gasteiger partial charge in [0.2, 0.25) is 0 Å². The zero-order valence-electron chi connectivity index (χ0n) is 15.4. The molecule has 1 aromatic heterocycles. The third kappa shape index (κ3) is 4.14. The molecule has 0 amide bonds. The molecule has 3 aromatic rings. The molecule has 1 N–H and O–H groups in total. The predicted molar refractivity (Wildman–Crippen MR) is 103 cm³/mol. The number of benzene rings is 2. The van der Waals surface area contributed by atoms with Gasteiger partial charge in [-0.2, -0.15) is 5.10 Å². The van der Waals surface area contributed by atoms with Gasteiger partial charge in [-0.05, 0) is 19.4 Å². The van der Waals surface area contributed by atoms with Gasteiger partial charge < -0.3 is 5.11 Å². The van der Waals surface area contributed by atoms with E-state index in [1.807, 2.05) is 50.2 Å². The number of aryl methyl sites for hydroxylation is 1. The Labute approximate surface area is 158 Å². The molecule has 2 aromatic carbocycles. The van der Waals surface area contributed by atoms with Crippen LogP contribution in [-0.2, 0) is 11.2 Å². The van der Waals surface area contributed by atoms with Crippen LogP contribution in [0.25, 0.3) is 0 Å². The molecular formula is C22H22N2O3. The van der Waals surface area contributed by atoms with E-state index in [2.05, 4.69) is 5.10 Å². The van der Waals surface area contributed by atoms with Gasteiger partial charge in [0.05, 0.1) is 5.69 Å². The Bertz CT molecular complexity index is 946. The van der Waals surface area contributed by atoms with Crippen molar-refractivity contribution in [2.45, 2.75) is 32.7 Å². The molecule has 0 saturated heterocycles. The standard InChI is InChI=1S/C22H22N2O3/c1-15-19(13-17-9-5-3-6-10-17)16(2)24(23-15)20(22(26)27)14-21(25)18-11-7-4-8-12-18/h3-12,20H,13-14H2,1-2H3,(H,26,27)/t20-/m1/s1. The van der Waals surface area contributed by atoms with Crippen molar-refractivity contribution in [2.24, 2.45) is 0 Å². The second kappa shape index (κ2) is 7.99. The molecule has 0 radical (unpaired) electrons. The van der Waals surface area contributed by atoms with Crippen molar-refractivity contribution < 1.29 is 14.7 Å². The van der Waals surface area contributed by atoms with Crippen LogP contribution in [0.1, 0.15) is 45.3 Å². The smallest absolute Gasteiger partial charge is 0.328 e. The first-order valence-electron chi connectivity index (χ1n) is 8.87. The van der Waals surface area contributed by atoms with E-state index in [-0.39, 0.29) is 12.2 Å². The SMILES string of the molecule is Cc1nn([C@H](CC(=O)c2ccccc2)C(=O)O)c(C)c1Cc1ccccc1. The minimum Gasteiger partial charge on any atom is -0.480 e. The third-order valence-corrected chi connectivity index (χ3v) is 4.75. The number of Topliss-reactive ketones (excluding diaryl/α,β-unsaturated/α-hetero) is 1. The molecule has 138 valence electrons. The second-order valence-electron chi connectivity index (χ2n) is 6.60. The number of hydrogen-bond donors (Lipinski definition) is 1. The highest BCUT2D eigenvalue weighted by molar-refractivity contribution is 5.98. The van der Waals surface area contributed by atoms with Gasteiger partial charge >= 0.3 is 5.97 Å². The Hall–Kier alpha value is -3.21. The second-order valence-corrected chi connectivity index (χ2v) is 6.60. The molecule has 0 spiro atoms. The normalized spacial score (nSPS) is 11.9. The van der Waals surface area contributed by atoms with E-state index in [9.17, 15) is 14.7 Å². The van der Waals surface area contributed by atoms with Gasteiger partial charge in [0.25, 0.3) is 0 Å². The van der Waals surface area contributed by atoms with Crippen LogP contribution in [0.2, 0.25) is 0 Å². The average Bonchev–Trinajstić information content (AvgIpc) is 2.95. The van der Waals surface area contributed by atoms with Gasteiger partial charge in [-0.3, -0.25) is 9.48 Å². The highest BCUT2D eigenvalue weighted by atomic mass is 16.4. The topological polar surface area (TPSA) is 72.2 Å². The molecule has 0 aliphatic heterocycles. The van der Waals surface area contributed by atoms with Gasteiger partial charge in [0, 0.05) is 29.7 Å². The number of carboxylic acid groups (broad SMARTS) is 1. The molecule has 0 bridgehead atoms. The van der Waals surface area contributed by atoms with E-state index in [1.165, 1.54) is 4.68 Å². The lowest BCUT2D eigenvalue weighted by molar-refractivity contribution is -0.141. The van der Waals surface area contributed by atoms with Crippen LogP contribution in [-0.4, -0.2) is 26.6 Å². The molecule has 0 aliphatic carbocycles. The quantitative estimate of drug-likeness (QED) is 0.645. The maximum Gasteiger partial charge on any atom is 0.328 e. The Morgan fingerprint density at radius 2 is 1.59 bits per heavy atom. The number of carbonyl (C=O) groups is 2. The molecule has 0 fully saturated rings. The Morgan fingerprint density at radius 1 is 1.00 bits per heavy atom. The lowest BCUT2D eigenvalue weighted by Crippen LogP contribution is -2.24. The molecule has 5 nitrogen and oxygen atoms in total. The van der Waals surface area contributed by atoms with E-state index < -0.39 is 12.0 Å². The Kier molecular flexibility index (Phi) is 5.50. The van der Waals surface area contributed by atoms with E-state index >= 15 is 0 Å². The number of aromatic nitrogens is 2. The fraction of sp³-hybridized carbons (Fsp3) is 0.227. The van der Waals surface area contributed by atoms with E-state index in [0.29, 0.717) is 12.0 Å². The number of rotatable bonds is 7. The Balaban J connectivity index is 1.89. The molecule has 0 unspecified atom stereocenters. The first-order chi connectivity index (χ1) is 13.0. The van der Waals surface area contributed by atoms with Crippen molar-refractivity contribution in [1.82, 2.24) is 9.78 Å². The van der Waals surface area contributed by atoms with Crippen LogP contribution in [0, 0.1) is 13.8 Å². The van der Waals surface area contributed by atoms with Gasteiger partial charge in [-0.15, -0.1) is 0 Å². The van der Waals surface area contributed by atoms with Crippen molar-refractivity contribution in [1.29, 1.82) is 0 Å². The number of nitrogens with zero attached hydrogens (tertiary/aromatic N) is 2. The predicted octanol–water partition coefficient (Wildman–Crippen LogP) is 3.99. The monoisotopic (exact) mass is 362 g/mol. The first kappa shape index (κ1) is 18.6. The molecule has 27 heavy (non-hydrogen) atoms. The van der Waals surface area contributed by atoms with Crippen molar-refractivity contribution >= 4 is 11.8 Å². The maximum absolute atomic E-state index is 12.5. The number of ketones is 1. The van der Waals surface area contributed by atoms with Gasteiger partial charge in [0.15, 0.2) is 11.8 Å². The van der Waals surface area contributed by atoms with Crippen LogP contribution in [0.3, 0.4) is 0 Å². The molecule has 5 heteroatoms. The summed E-state index contributed by atoms with van der Waals surface area (Å²) in [6.45, 7) is 3.74. The minimum atomic E-state index is -1.06. The molecule has 1 heterocycles. The van der Waals surface area contributed by atoms with E-state index in [4.69, 9.17) is 0 Å². The molecule has 0 aliphatic rings. The summed E-state index contributed by atoms with van der Waals surface area (Å²) < 4.78 is 1.48. The summed E-state index contributed by atoms with van der Waals surface area (Å²) >= 11 is 0. The summed E-state index contributed by atoms with van der Waals surface area (Å²) in [5.74, 6) is -1.27. The van der Waals surface area contributed by atoms with Crippen LogP contribution in [0.4, 0.5) is 0 Å². The van der Waals surface area contributed by atoms with Crippen LogP contribution < -0.4 is 0 Å². The van der Waals surface area contributed by atoms with Crippen molar-refractivity contribution in [2.75, 3.05) is 0 Å². The van der Waals surface area contributed by atoms with E-state index in [0.717, 1.165) is 22.5 Å². The summed E-state index contributed by atoms with van der Waals surface area (Å²) in [5, 5.41) is 14.2. The fourth-order valence-corrected chi connectivity index (χ4v) is 3.25. The number of aliphatic carboxylic acids is 1. The van der Waals surface area contributed by atoms with Crippen LogP contribution in [0.5, 0.6) is 0 Å². The zero-order chi connectivity index (χ0) is 19.4. The summed E-state index contributed by atoms with van der Waals surface area (Å²) in [7, 11) is 0. The van der Waals surface area contributed by atoms with E-state index in [1.54, 1.807) is 24.3 Å². The molecule has 0 saturated carbocycles. The zero-order valence-corrected chi connectivity index (χ0v) is 15.4. The van der Waals surface area contributed by atoms with Crippen molar-refractivity contribution in [3.8, 4) is 0 Å². The number of carboxylic acids is 1. The summed E-state index contributed by atoms with van der Waals surface area (Å²) in [6, 6.07) is 17.7. The number of hydrogen-bond acceptors (Lipinski definition) is 3. The molecule has 1 atom stereocenters. The Morgan fingerprint density at radius 3 is 2.19 bits per heavy atom. The number of carbonyl (C=O) groups excluding carboxylic acids is 1. The third-order valence-electron chi connectivity index (χ3n) is 4.75.